The molecule has 7 N–H and O–H groups in total. The van der Waals surface area contributed by atoms with Crippen LogP contribution in [0.15, 0.2) is 0 Å². The second-order valence-corrected chi connectivity index (χ2v) is 14.0. The van der Waals surface area contributed by atoms with E-state index in [1.54, 1.807) is 14.0 Å². The Morgan fingerprint density at radius 2 is 1.31 bits per heavy atom. The summed E-state index contributed by atoms with van der Waals surface area (Å²) in [4.78, 5) is 47.9. The first-order valence-electron chi connectivity index (χ1n) is 19.6. The molecule has 55 heavy (non-hydrogen) atoms. The van der Waals surface area contributed by atoms with Crippen molar-refractivity contribution in [2.24, 2.45) is 0 Å². The minimum absolute atomic E-state index is 0.00971. The van der Waals surface area contributed by atoms with Crippen molar-refractivity contribution in [3.8, 4) is 0 Å². The van der Waals surface area contributed by atoms with E-state index < -0.39 is 73.2 Å². The van der Waals surface area contributed by atoms with Gasteiger partial charge in [-0.1, -0.05) is 45.4 Å². The fourth-order valence-electron chi connectivity index (χ4n) is 6.32. The highest BCUT2D eigenvalue weighted by Gasteiger charge is 2.53. The van der Waals surface area contributed by atoms with E-state index in [4.69, 9.17) is 33.2 Å². The van der Waals surface area contributed by atoms with E-state index in [0.29, 0.717) is 52.2 Å². The number of ether oxygens (including phenoxy) is 7. The van der Waals surface area contributed by atoms with Gasteiger partial charge in [-0.3, -0.25) is 14.4 Å². The monoisotopic (exact) mass is 794 g/mol. The number of carbonyl (C=O) groups is 4. The first kappa shape index (κ1) is 48.8. The van der Waals surface area contributed by atoms with Crippen LogP contribution in [-0.2, 0) is 52.3 Å². The van der Waals surface area contributed by atoms with Gasteiger partial charge in [0.15, 0.2) is 18.7 Å². The molecule has 0 saturated carbocycles. The summed E-state index contributed by atoms with van der Waals surface area (Å²) in [7, 11) is 1.60. The fraction of sp³-hybridized carbons (Fsp3) is 0.892. The Balaban J connectivity index is 1.56. The number of amides is 2. The van der Waals surface area contributed by atoms with Crippen molar-refractivity contribution in [1.29, 1.82) is 0 Å². The molecule has 2 fully saturated rings. The minimum Gasteiger partial charge on any atom is -0.479 e. The summed E-state index contributed by atoms with van der Waals surface area (Å²) in [5.41, 5.74) is 0. The number of nitrogens with one attached hydrogen (secondary N) is 2. The SMILES string of the molecule is CCC1OC(OC2C(C(=O)O)OC(OCCCCCCCC(=O)CCCCCCCNC(=O)COCCOCCOC)C(O)C2O)C(NC(C)=O)C(O)C1O. The second kappa shape index (κ2) is 28.1. The number of aliphatic hydroxyl groups is 4. The molecule has 0 spiro atoms. The van der Waals surface area contributed by atoms with Crippen LogP contribution in [0.4, 0.5) is 0 Å². The van der Waals surface area contributed by atoms with E-state index in [0.717, 1.165) is 57.8 Å². The zero-order valence-electron chi connectivity index (χ0n) is 32.6. The van der Waals surface area contributed by atoms with Crippen molar-refractivity contribution in [2.45, 2.75) is 159 Å². The van der Waals surface area contributed by atoms with Gasteiger partial charge in [-0.25, -0.2) is 4.79 Å². The summed E-state index contributed by atoms with van der Waals surface area (Å²) in [6.07, 6.45) is -3.84. The van der Waals surface area contributed by atoms with Crippen LogP contribution in [0.5, 0.6) is 0 Å². The molecule has 0 radical (unpaired) electrons. The van der Waals surface area contributed by atoms with Crippen molar-refractivity contribution in [3.63, 3.8) is 0 Å². The summed E-state index contributed by atoms with van der Waals surface area (Å²) in [5.74, 6) is -1.98. The number of carboxylic acid groups (broad SMARTS) is 1. The normalized spacial score (nSPS) is 28.1. The number of carbonyl (C=O) groups excluding carboxylic acids is 3. The first-order chi connectivity index (χ1) is 26.4. The maximum absolute atomic E-state index is 12.3. The van der Waals surface area contributed by atoms with Crippen molar-refractivity contribution < 1.29 is 77.9 Å². The predicted molar refractivity (Wildman–Crippen MR) is 195 cm³/mol. The Kier molecular flexibility index (Phi) is 24.9. The van der Waals surface area contributed by atoms with Crippen LogP contribution in [0, 0.1) is 0 Å². The summed E-state index contributed by atoms with van der Waals surface area (Å²) >= 11 is 0. The summed E-state index contributed by atoms with van der Waals surface area (Å²) < 4.78 is 38.0. The van der Waals surface area contributed by atoms with E-state index in [1.807, 2.05) is 0 Å². The van der Waals surface area contributed by atoms with Crippen LogP contribution in [0.1, 0.15) is 97.3 Å². The molecule has 10 unspecified atom stereocenters. The van der Waals surface area contributed by atoms with E-state index in [-0.39, 0.29) is 31.3 Å². The molecule has 0 aromatic carbocycles. The third-order valence-corrected chi connectivity index (χ3v) is 9.43. The fourth-order valence-corrected chi connectivity index (χ4v) is 6.32. The van der Waals surface area contributed by atoms with Crippen LogP contribution >= 0.6 is 0 Å². The molecule has 2 heterocycles. The molecule has 2 rings (SSSR count). The van der Waals surface area contributed by atoms with Gasteiger partial charge in [-0.15, -0.1) is 0 Å². The van der Waals surface area contributed by atoms with Gasteiger partial charge in [0.2, 0.25) is 11.8 Å². The molecule has 18 heteroatoms. The summed E-state index contributed by atoms with van der Waals surface area (Å²) in [5, 5.41) is 57.7. The number of methoxy groups -OCH3 is 1. The van der Waals surface area contributed by atoms with Crippen molar-refractivity contribution >= 4 is 23.6 Å². The number of unbranched alkanes of at least 4 members (excludes halogenated alkanes) is 8. The van der Waals surface area contributed by atoms with Gasteiger partial charge in [0.05, 0.1) is 32.5 Å². The number of rotatable bonds is 30. The number of Topliss-reactive ketones (excluding diaryl/α,β-unsaturated/α-hetero) is 1. The van der Waals surface area contributed by atoms with Crippen molar-refractivity contribution in [3.05, 3.63) is 0 Å². The molecule has 10 atom stereocenters. The zero-order chi connectivity index (χ0) is 40.6. The Morgan fingerprint density at radius 3 is 1.95 bits per heavy atom. The topological polar surface area (TPSA) is 258 Å². The quantitative estimate of drug-likeness (QED) is 0.0484. The number of ketones is 1. The Labute approximate surface area is 323 Å². The largest absolute Gasteiger partial charge is 0.479 e. The lowest BCUT2D eigenvalue weighted by Crippen LogP contribution is -2.67. The molecule has 0 aromatic heterocycles. The van der Waals surface area contributed by atoms with Crippen molar-refractivity contribution in [2.75, 3.05) is 53.3 Å². The third kappa shape index (κ3) is 18.6. The van der Waals surface area contributed by atoms with Gasteiger partial charge in [0.1, 0.15) is 49.0 Å². The van der Waals surface area contributed by atoms with Crippen LogP contribution in [0.2, 0.25) is 0 Å². The summed E-state index contributed by atoms with van der Waals surface area (Å²) in [6.45, 7) is 5.38. The lowest BCUT2D eigenvalue weighted by atomic mass is 9.94. The van der Waals surface area contributed by atoms with Crippen LogP contribution in [0.25, 0.3) is 0 Å². The number of aliphatic carboxylic acids is 1. The van der Waals surface area contributed by atoms with Gasteiger partial charge in [-0.2, -0.15) is 0 Å². The third-order valence-electron chi connectivity index (χ3n) is 9.43. The van der Waals surface area contributed by atoms with Gasteiger partial charge >= 0.3 is 5.97 Å². The smallest absolute Gasteiger partial charge is 0.335 e. The lowest BCUT2D eigenvalue weighted by Gasteiger charge is -2.46. The number of hydrogen-bond donors (Lipinski definition) is 7. The average Bonchev–Trinajstić information content (AvgIpc) is 3.15. The highest BCUT2D eigenvalue weighted by atomic mass is 16.7. The molecule has 0 aromatic rings. The van der Waals surface area contributed by atoms with E-state index in [2.05, 4.69) is 10.6 Å². The minimum atomic E-state index is -1.79. The molecular weight excluding hydrogens is 728 g/mol. The molecule has 320 valence electrons. The second-order valence-electron chi connectivity index (χ2n) is 14.0. The van der Waals surface area contributed by atoms with Crippen LogP contribution in [0.3, 0.4) is 0 Å². The lowest BCUT2D eigenvalue weighted by molar-refractivity contribution is -0.339. The number of hydrogen-bond acceptors (Lipinski definition) is 15. The molecule has 0 bridgehead atoms. The Hall–Kier alpha value is -2.36. The van der Waals surface area contributed by atoms with E-state index in [1.165, 1.54) is 6.92 Å². The van der Waals surface area contributed by atoms with E-state index >= 15 is 0 Å². The van der Waals surface area contributed by atoms with Crippen LogP contribution < -0.4 is 10.6 Å². The number of aliphatic hydroxyl groups excluding tert-OH is 4. The maximum Gasteiger partial charge on any atom is 0.335 e. The van der Waals surface area contributed by atoms with Crippen LogP contribution in [-0.4, -0.2) is 164 Å². The van der Waals surface area contributed by atoms with Crippen molar-refractivity contribution in [1.82, 2.24) is 10.6 Å². The standard InChI is InChI=1S/C37H66N2O16/c1-4-26-29(43)30(44)28(39-24(2)40)36(53-26)54-33-31(45)32(46)37(55-34(33)35(47)48)52-18-14-10-6-8-12-16-25(41)15-11-7-5-9-13-17-38-27(42)23-51-22-21-50-20-19-49-3/h26,28-34,36-37,43-46H,4-23H2,1-3H3,(H,38,42)(H,39,40)(H,47,48). The highest BCUT2D eigenvalue weighted by molar-refractivity contribution is 5.78. The van der Waals surface area contributed by atoms with E-state index in [9.17, 15) is 44.7 Å². The Morgan fingerprint density at radius 1 is 0.691 bits per heavy atom. The summed E-state index contributed by atoms with van der Waals surface area (Å²) in [6, 6.07) is -1.30. The molecular formula is C37H66N2O16. The molecule has 2 aliphatic rings. The Bertz CT molecular complexity index is 1100. The average molecular weight is 795 g/mol. The first-order valence-corrected chi connectivity index (χ1v) is 19.6. The molecule has 2 saturated heterocycles. The van der Waals surface area contributed by atoms with Gasteiger partial charge in [-0.05, 0) is 32.1 Å². The molecule has 0 aliphatic carbocycles. The highest BCUT2D eigenvalue weighted by Crippen LogP contribution is 2.30. The number of carboxylic acids is 1. The predicted octanol–water partition coefficient (Wildman–Crippen LogP) is 0.327. The van der Waals surface area contributed by atoms with Gasteiger partial charge in [0, 0.05) is 40.0 Å². The molecule has 2 aliphatic heterocycles. The van der Waals surface area contributed by atoms with Gasteiger partial charge in [0.25, 0.3) is 0 Å². The van der Waals surface area contributed by atoms with Gasteiger partial charge < -0.3 is 69.3 Å². The molecule has 2 amide bonds. The zero-order valence-corrected chi connectivity index (χ0v) is 32.6. The maximum atomic E-state index is 12.3. The molecule has 18 nitrogen and oxygen atoms in total.